The van der Waals surface area contributed by atoms with Crippen molar-refractivity contribution in [3.05, 3.63) is 51.5 Å². The first kappa shape index (κ1) is 17.0. The van der Waals surface area contributed by atoms with Gasteiger partial charge in [0.05, 0.1) is 12.2 Å². The van der Waals surface area contributed by atoms with Gasteiger partial charge in [0, 0.05) is 18.0 Å². The van der Waals surface area contributed by atoms with Gasteiger partial charge in [0.1, 0.15) is 5.01 Å². The SMILES string of the molecule is CCN(CC)C(N)=NCc1nc2c(s1)CC(c1ccccc1)CC2. The van der Waals surface area contributed by atoms with Gasteiger partial charge in [0.15, 0.2) is 5.96 Å². The molecule has 2 N–H and O–H groups in total. The lowest BCUT2D eigenvalue weighted by Gasteiger charge is -2.21. The van der Waals surface area contributed by atoms with E-state index in [1.165, 1.54) is 22.6 Å². The van der Waals surface area contributed by atoms with Crippen molar-refractivity contribution in [2.24, 2.45) is 10.7 Å². The number of fused-ring (bicyclic) bond motifs is 1. The molecule has 0 aliphatic heterocycles. The fourth-order valence-corrected chi connectivity index (χ4v) is 4.42. The minimum absolute atomic E-state index is 0.593. The zero-order valence-corrected chi connectivity index (χ0v) is 15.4. The lowest BCUT2D eigenvalue weighted by molar-refractivity contribution is 0.458. The third-order valence-corrected chi connectivity index (χ3v) is 5.82. The van der Waals surface area contributed by atoms with Gasteiger partial charge in [-0.15, -0.1) is 11.3 Å². The summed E-state index contributed by atoms with van der Waals surface area (Å²) < 4.78 is 0. The maximum atomic E-state index is 6.06. The first-order valence-electron chi connectivity index (χ1n) is 8.78. The zero-order valence-electron chi connectivity index (χ0n) is 14.5. The van der Waals surface area contributed by atoms with Gasteiger partial charge in [0.25, 0.3) is 0 Å². The quantitative estimate of drug-likeness (QED) is 0.667. The van der Waals surface area contributed by atoms with Crippen LogP contribution in [-0.4, -0.2) is 28.9 Å². The van der Waals surface area contributed by atoms with Crippen LogP contribution in [0.25, 0.3) is 0 Å². The highest BCUT2D eigenvalue weighted by molar-refractivity contribution is 7.11. The van der Waals surface area contributed by atoms with Gasteiger partial charge in [-0.05, 0) is 44.6 Å². The highest BCUT2D eigenvalue weighted by atomic mass is 32.1. The number of thiazole rings is 1. The smallest absolute Gasteiger partial charge is 0.191 e. The van der Waals surface area contributed by atoms with Crippen molar-refractivity contribution >= 4 is 17.3 Å². The highest BCUT2D eigenvalue weighted by Crippen LogP contribution is 2.35. The normalized spacial score (nSPS) is 17.6. The number of guanidine groups is 1. The lowest BCUT2D eigenvalue weighted by atomic mass is 9.85. The van der Waals surface area contributed by atoms with E-state index in [4.69, 9.17) is 10.7 Å². The Morgan fingerprint density at radius 3 is 2.75 bits per heavy atom. The predicted octanol–water partition coefficient (Wildman–Crippen LogP) is 3.57. The predicted molar refractivity (Wildman–Crippen MR) is 102 cm³/mol. The molecule has 1 aromatic carbocycles. The molecule has 1 atom stereocenters. The van der Waals surface area contributed by atoms with Crippen LogP contribution in [0.2, 0.25) is 0 Å². The van der Waals surface area contributed by atoms with E-state index < -0.39 is 0 Å². The molecule has 0 saturated heterocycles. The average molecular weight is 343 g/mol. The number of hydrogen-bond donors (Lipinski definition) is 1. The summed E-state index contributed by atoms with van der Waals surface area (Å²) in [5, 5.41) is 1.09. The fourth-order valence-electron chi connectivity index (χ4n) is 3.30. The van der Waals surface area contributed by atoms with Crippen LogP contribution in [0.5, 0.6) is 0 Å². The molecule has 0 bridgehead atoms. The van der Waals surface area contributed by atoms with E-state index in [-0.39, 0.29) is 0 Å². The second-order valence-electron chi connectivity index (χ2n) is 6.17. The largest absolute Gasteiger partial charge is 0.370 e. The second-order valence-corrected chi connectivity index (χ2v) is 7.34. The molecule has 1 heterocycles. The van der Waals surface area contributed by atoms with Crippen LogP contribution in [0.1, 0.15) is 47.3 Å². The van der Waals surface area contributed by atoms with E-state index in [1.54, 1.807) is 0 Å². The topological polar surface area (TPSA) is 54.5 Å². The van der Waals surface area contributed by atoms with Gasteiger partial charge in [0.2, 0.25) is 0 Å². The van der Waals surface area contributed by atoms with Crippen LogP contribution in [-0.2, 0) is 19.4 Å². The Labute approximate surface area is 148 Å². The van der Waals surface area contributed by atoms with Crippen LogP contribution in [0.15, 0.2) is 35.3 Å². The molecule has 0 saturated carbocycles. The van der Waals surface area contributed by atoms with Crippen LogP contribution in [0.4, 0.5) is 0 Å². The molecule has 0 spiro atoms. The molecule has 4 nitrogen and oxygen atoms in total. The molecule has 128 valence electrons. The highest BCUT2D eigenvalue weighted by Gasteiger charge is 2.23. The summed E-state index contributed by atoms with van der Waals surface area (Å²) in [6.07, 6.45) is 3.36. The number of aliphatic imine (C=N–C) groups is 1. The molecule has 3 rings (SSSR count). The molecule has 2 aromatic rings. The van der Waals surface area contributed by atoms with Crippen LogP contribution in [0.3, 0.4) is 0 Å². The van der Waals surface area contributed by atoms with E-state index in [1.807, 2.05) is 11.3 Å². The van der Waals surface area contributed by atoms with Gasteiger partial charge in [-0.1, -0.05) is 30.3 Å². The molecule has 0 radical (unpaired) electrons. The lowest BCUT2D eigenvalue weighted by Crippen LogP contribution is -2.37. The Balaban J connectivity index is 1.68. The minimum atomic E-state index is 0.593. The summed E-state index contributed by atoms with van der Waals surface area (Å²) >= 11 is 1.81. The van der Waals surface area contributed by atoms with Crippen LogP contribution >= 0.6 is 11.3 Å². The van der Waals surface area contributed by atoms with Gasteiger partial charge in [-0.25, -0.2) is 9.98 Å². The molecule has 0 fully saturated rings. The van der Waals surface area contributed by atoms with E-state index >= 15 is 0 Å². The Hall–Kier alpha value is -1.88. The summed E-state index contributed by atoms with van der Waals surface area (Å²) in [6, 6.07) is 10.8. The maximum absolute atomic E-state index is 6.06. The van der Waals surface area contributed by atoms with E-state index in [9.17, 15) is 0 Å². The zero-order chi connectivity index (χ0) is 16.9. The summed E-state index contributed by atoms with van der Waals surface area (Å²) in [5.41, 5.74) is 8.78. The van der Waals surface area contributed by atoms with Gasteiger partial charge in [-0.2, -0.15) is 0 Å². The van der Waals surface area contributed by atoms with Gasteiger partial charge in [-0.3, -0.25) is 0 Å². The first-order valence-corrected chi connectivity index (χ1v) is 9.60. The molecule has 24 heavy (non-hydrogen) atoms. The van der Waals surface area contributed by atoms with Crippen LogP contribution in [0, 0.1) is 0 Å². The van der Waals surface area contributed by atoms with E-state index in [2.05, 4.69) is 54.1 Å². The van der Waals surface area contributed by atoms with Crippen molar-refractivity contribution in [2.75, 3.05) is 13.1 Å². The first-order chi connectivity index (χ1) is 11.7. The average Bonchev–Trinajstić information content (AvgIpc) is 3.04. The Morgan fingerprint density at radius 2 is 2.04 bits per heavy atom. The molecule has 1 unspecified atom stereocenters. The van der Waals surface area contributed by atoms with Gasteiger partial charge < -0.3 is 10.6 Å². The number of nitrogens with two attached hydrogens (primary N) is 1. The van der Waals surface area contributed by atoms with E-state index in [0.29, 0.717) is 18.4 Å². The van der Waals surface area contributed by atoms with Crippen molar-refractivity contribution in [2.45, 2.75) is 45.6 Å². The minimum Gasteiger partial charge on any atom is -0.370 e. The summed E-state index contributed by atoms with van der Waals surface area (Å²) in [6.45, 7) is 6.56. The third kappa shape index (κ3) is 3.78. The maximum Gasteiger partial charge on any atom is 0.191 e. The molecule has 5 heteroatoms. The van der Waals surface area contributed by atoms with Crippen molar-refractivity contribution < 1.29 is 0 Å². The van der Waals surface area contributed by atoms with Crippen LogP contribution < -0.4 is 5.73 Å². The number of hydrogen-bond acceptors (Lipinski definition) is 3. The molecular formula is C19H26N4S. The Morgan fingerprint density at radius 1 is 1.29 bits per heavy atom. The summed E-state index contributed by atoms with van der Waals surface area (Å²) in [4.78, 5) is 12.8. The second kappa shape index (κ2) is 7.79. The molecular weight excluding hydrogens is 316 g/mol. The standard InChI is InChI=1S/C19H26N4S/c1-3-23(4-2)19(20)21-13-18-22-16-11-10-15(12-17(16)24-18)14-8-6-5-7-9-14/h5-9,15H,3-4,10-13H2,1-2H3,(H2,20,21). The third-order valence-electron chi connectivity index (χ3n) is 4.72. The Bertz CT molecular complexity index is 689. The fraction of sp³-hybridized carbons (Fsp3) is 0.474. The molecule has 1 aromatic heterocycles. The summed E-state index contributed by atoms with van der Waals surface area (Å²) in [5.74, 6) is 1.24. The molecule has 1 aliphatic rings. The van der Waals surface area contributed by atoms with Gasteiger partial charge >= 0.3 is 0 Å². The Kier molecular flexibility index (Phi) is 5.51. The number of benzene rings is 1. The molecule has 1 aliphatic carbocycles. The van der Waals surface area contributed by atoms with Crippen molar-refractivity contribution in [1.82, 2.24) is 9.88 Å². The number of nitrogens with zero attached hydrogens (tertiary/aromatic N) is 3. The van der Waals surface area contributed by atoms with Crippen molar-refractivity contribution in [3.63, 3.8) is 0 Å². The number of aryl methyl sites for hydroxylation is 1. The van der Waals surface area contributed by atoms with Crippen molar-refractivity contribution in [3.8, 4) is 0 Å². The summed E-state index contributed by atoms with van der Waals surface area (Å²) in [7, 11) is 0. The van der Waals surface area contributed by atoms with Crippen molar-refractivity contribution in [1.29, 1.82) is 0 Å². The number of aromatic nitrogens is 1. The number of rotatable bonds is 5. The molecule has 0 amide bonds. The monoisotopic (exact) mass is 342 g/mol. The van der Waals surface area contributed by atoms with E-state index in [0.717, 1.165) is 30.9 Å².